The summed E-state index contributed by atoms with van der Waals surface area (Å²) in [5.41, 5.74) is 0.611. The molecule has 0 amide bonds. The molecule has 0 saturated heterocycles. The van der Waals surface area contributed by atoms with Crippen LogP contribution in [0.15, 0.2) is 42.2 Å². The summed E-state index contributed by atoms with van der Waals surface area (Å²) >= 11 is 12.0. The average Bonchev–Trinajstić information content (AvgIpc) is 3.15. The number of halogens is 7. The number of fused-ring (bicyclic) bond motifs is 1. The highest BCUT2D eigenvalue weighted by Crippen LogP contribution is 2.36. The summed E-state index contributed by atoms with van der Waals surface area (Å²) < 4.78 is 82.7. The van der Waals surface area contributed by atoms with Gasteiger partial charge in [0.25, 0.3) is 0 Å². The first-order valence-electron chi connectivity index (χ1n) is 9.91. The molecule has 0 saturated carbocycles. The molecule has 1 unspecified atom stereocenters. The van der Waals surface area contributed by atoms with Crippen LogP contribution in [0.2, 0.25) is 10.0 Å². The molecule has 1 heterocycles. The Labute approximate surface area is 209 Å². The quantitative estimate of drug-likeness (QED) is 0.0895. The molecular weight excluding hydrogens is 534 g/mol. The van der Waals surface area contributed by atoms with Gasteiger partial charge in [-0.25, -0.2) is 18.0 Å². The van der Waals surface area contributed by atoms with Gasteiger partial charge in [0.05, 0.1) is 5.56 Å². The number of esters is 1. The molecule has 0 aromatic heterocycles. The van der Waals surface area contributed by atoms with Crippen LogP contribution in [0.5, 0.6) is 17.2 Å². The maximum Gasteiger partial charge on any atom is 0.352 e. The third-order valence-electron chi connectivity index (χ3n) is 4.91. The van der Waals surface area contributed by atoms with Crippen molar-refractivity contribution in [3.05, 3.63) is 92.4 Å². The number of ether oxygens (including phenoxy) is 3. The second kappa shape index (κ2) is 9.79. The summed E-state index contributed by atoms with van der Waals surface area (Å²) in [6.45, 7) is 0.977. The number of ketones is 1. The smallest absolute Gasteiger partial charge is 0.352 e. The number of rotatable bonds is 5. The first-order valence-corrected chi connectivity index (χ1v) is 10.7. The van der Waals surface area contributed by atoms with Gasteiger partial charge in [-0.3, -0.25) is 4.79 Å². The van der Waals surface area contributed by atoms with Gasteiger partial charge in [0.2, 0.25) is 34.9 Å². The molecule has 1 atom stereocenters. The van der Waals surface area contributed by atoms with Crippen molar-refractivity contribution in [2.24, 2.45) is 0 Å². The Balaban J connectivity index is 1.50. The Morgan fingerprint density at radius 2 is 1.58 bits per heavy atom. The Morgan fingerprint density at radius 3 is 2.22 bits per heavy atom. The van der Waals surface area contributed by atoms with E-state index in [1.165, 1.54) is 30.3 Å². The highest BCUT2D eigenvalue weighted by atomic mass is 35.5. The lowest BCUT2D eigenvalue weighted by Gasteiger charge is -2.15. The molecule has 0 aliphatic carbocycles. The van der Waals surface area contributed by atoms with Crippen molar-refractivity contribution in [1.29, 1.82) is 0 Å². The fraction of sp³-hybridized carbons (Fsp3) is 0.0833. The van der Waals surface area contributed by atoms with E-state index < -0.39 is 52.7 Å². The van der Waals surface area contributed by atoms with Crippen LogP contribution in [0, 0.1) is 29.1 Å². The van der Waals surface area contributed by atoms with Gasteiger partial charge in [0.1, 0.15) is 11.5 Å². The first-order chi connectivity index (χ1) is 17.0. The Morgan fingerprint density at radius 1 is 0.944 bits per heavy atom. The number of benzene rings is 3. The molecule has 36 heavy (non-hydrogen) atoms. The van der Waals surface area contributed by atoms with E-state index in [-0.39, 0.29) is 27.8 Å². The number of hydrogen-bond acceptors (Lipinski definition) is 5. The normalized spacial score (nSPS) is 14.4. The van der Waals surface area contributed by atoms with Gasteiger partial charge in [0, 0.05) is 16.1 Å². The highest BCUT2D eigenvalue weighted by Gasteiger charge is 2.31. The van der Waals surface area contributed by atoms with E-state index >= 15 is 0 Å². The molecule has 0 radical (unpaired) electrons. The lowest BCUT2D eigenvalue weighted by Crippen LogP contribution is -2.29. The minimum atomic E-state index is -2.37. The summed E-state index contributed by atoms with van der Waals surface area (Å²) in [6.07, 6.45) is -0.385. The lowest BCUT2D eigenvalue weighted by atomic mass is 10.1. The summed E-state index contributed by atoms with van der Waals surface area (Å²) in [7, 11) is 0. The maximum atomic E-state index is 13.8. The second-order valence-corrected chi connectivity index (χ2v) is 8.19. The summed E-state index contributed by atoms with van der Waals surface area (Å²) in [5, 5.41) is 0.675. The molecule has 3 aromatic carbocycles. The minimum absolute atomic E-state index is 0.0370. The van der Waals surface area contributed by atoms with Crippen molar-refractivity contribution in [2.75, 3.05) is 0 Å². The van der Waals surface area contributed by atoms with Crippen molar-refractivity contribution in [1.82, 2.24) is 0 Å². The molecule has 0 bridgehead atoms. The zero-order valence-corrected chi connectivity index (χ0v) is 19.3. The van der Waals surface area contributed by atoms with Crippen molar-refractivity contribution >= 4 is 41.0 Å². The third-order valence-corrected chi connectivity index (χ3v) is 5.47. The second-order valence-electron chi connectivity index (χ2n) is 7.34. The van der Waals surface area contributed by atoms with E-state index in [0.29, 0.717) is 10.6 Å². The van der Waals surface area contributed by atoms with E-state index in [4.69, 9.17) is 32.7 Å². The van der Waals surface area contributed by atoms with Gasteiger partial charge in [-0.05, 0) is 42.8 Å². The topological polar surface area (TPSA) is 61.8 Å². The molecule has 4 rings (SSSR count). The average molecular weight is 545 g/mol. The van der Waals surface area contributed by atoms with Crippen LogP contribution in [0.4, 0.5) is 22.0 Å². The third kappa shape index (κ3) is 4.74. The van der Waals surface area contributed by atoms with Gasteiger partial charge >= 0.3 is 5.97 Å². The number of carbonyl (C=O) groups excluding carboxylic acids is 2. The van der Waals surface area contributed by atoms with Gasteiger partial charge in [-0.15, -0.1) is 0 Å². The van der Waals surface area contributed by atoms with Gasteiger partial charge in [0.15, 0.2) is 17.6 Å². The molecule has 186 valence electrons. The number of Topliss-reactive ketones (excluding diaryl/α,β-unsaturated/α-hetero) is 1. The van der Waals surface area contributed by atoms with Gasteiger partial charge < -0.3 is 14.2 Å². The van der Waals surface area contributed by atoms with E-state index in [1.54, 1.807) is 12.1 Å². The minimum Gasteiger partial charge on any atom is -0.473 e. The molecule has 0 spiro atoms. The van der Waals surface area contributed by atoms with Crippen LogP contribution >= 0.6 is 23.2 Å². The van der Waals surface area contributed by atoms with Crippen LogP contribution in [-0.2, 0) is 4.79 Å². The maximum absolute atomic E-state index is 13.8. The molecule has 1 aliphatic heterocycles. The van der Waals surface area contributed by atoms with Crippen LogP contribution in [0.25, 0.3) is 6.08 Å². The standard InChI is InChI=1S/C24H11Cl2F5O5/c1-9(34-23-20(30)18(28)17(27)19(29)21(23)31)24(33)35-12-4-5-13-15(8-12)36-16(22(13)32)6-10-2-3-11(25)7-14(10)26/h2-9H,1H3/b16-6-. The SMILES string of the molecule is CC(Oc1c(F)c(F)c(F)c(F)c1F)C(=O)Oc1ccc2c(c1)O/C(=C\c1ccc(Cl)cc1Cl)C2=O. The molecule has 0 fully saturated rings. The Kier molecular flexibility index (Phi) is 6.92. The van der Waals surface area contributed by atoms with Crippen LogP contribution in [0.1, 0.15) is 22.8 Å². The fourth-order valence-electron chi connectivity index (χ4n) is 3.10. The monoisotopic (exact) mass is 544 g/mol. The van der Waals surface area contributed by atoms with Crippen molar-refractivity contribution < 1.29 is 45.8 Å². The predicted octanol–water partition coefficient (Wildman–Crippen LogP) is 6.68. The van der Waals surface area contributed by atoms with Crippen LogP contribution in [0.3, 0.4) is 0 Å². The molecule has 3 aromatic rings. The predicted molar refractivity (Wildman–Crippen MR) is 118 cm³/mol. The number of hydrogen-bond donors (Lipinski definition) is 0. The van der Waals surface area contributed by atoms with E-state index in [2.05, 4.69) is 4.74 Å². The zero-order chi connectivity index (χ0) is 26.3. The molecule has 5 nitrogen and oxygen atoms in total. The highest BCUT2D eigenvalue weighted by molar-refractivity contribution is 6.35. The van der Waals surface area contributed by atoms with Crippen molar-refractivity contribution in [3.63, 3.8) is 0 Å². The van der Waals surface area contributed by atoms with Crippen molar-refractivity contribution in [2.45, 2.75) is 13.0 Å². The Bertz CT molecular complexity index is 1430. The van der Waals surface area contributed by atoms with Gasteiger partial charge in [-0.1, -0.05) is 29.3 Å². The van der Waals surface area contributed by atoms with E-state index in [1.807, 2.05) is 0 Å². The molecule has 0 N–H and O–H groups in total. The molecule has 1 aliphatic rings. The lowest BCUT2D eigenvalue weighted by molar-refractivity contribution is -0.141. The van der Waals surface area contributed by atoms with E-state index in [0.717, 1.165) is 6.92 Å². The zero-order valence-electron chi connectivity index (χ0n) is 17.8. The van der Waals surface area contributed by atoms with Crippen LogP contribution < -0.4 is 14.2 Å². The molecule has 12 heteroatoms. The largest absolute Gasteiger partial charge is 0.473 e. The summed E-state index contributed by atoms with van der Waals surface area (Å²) in [4.78, 5) is 24.9. The first kappa shape index (κ1) is 25.5. The van der Waals surface area contributed by atoms with Gasteiger partial charge in [-0.2, -0.15) is 8.78 Å². The Hall–Kier alpha value is -3.63. The number of allylic oxidation sites excluding steroid dienone is 1. The summed E-state index contributed by atoms with van der Waals surface area (Å²) in [6, 6.07) is 8.37. The van der Waals surface area contributed by atoms with Crippen LogP contribution in [-0.4, -0.2) is 17.9 Å². The van der Waals surface area contributed by atoms with E-state index in [9.17, 15) is 31.5 Å². The fourth-order valence-corrected chi connectivity index (χ4v) is 3.57. The number of carbonyl (C=O) groups is 2. The summed E-state index contributed by atoms with van der Waals surface area (Å²) in [5.74, 6) is -14.8. The van der Waals surface area contributed by atoms with Crippen molar-refractivity contribution in [3.8, 4) is 17.2 Å². The molecular formula is C24H11Cl2F5O5.